The van der Waals surface area contributed by atoms with Crippen LogP contribution in [0.1, 0.15) is 37.3 Å². The molecule has 0 saturated carbocycles. The molecule has 174 valence electrons. The van der Waals surface area contributed by atoms with Gasteiger partial charge in [0.05, 0.1) is 24.0 Å². The molecule has 7 nitrogen and oxygen atoms in total. The van der Waals surface area contributed by atoms with Gasteiger partial charge in [0.1, 0.15) is 23.1 Å². The Morgan fingerprint density at radius 1 is 0.912 bits per heavy atom. The van der Waals surface area contributed by atoms with Gasteiger partial charge in [-0.25, -0.2) is 18.9 Å². The third kappa shape index (κ3) is 3.88. The van der Waals surface area contributed by atoms with Crippen LogP contribution < -0.4 is 9.80 Å². The van der Waals surface area contributed by atoms with E-state index in [0.29, 0.717) is 0 Å². The number of pyridine rings is 1. The van der Waals surface area contributed by atoms with E-state index in [9.17, 15) is 9.50 Å². The number of aliphatic hydroxyl groups is 1. The zero-order valence-electron chi connectivity index (χ0n) is 18.9. The summed E-state index contributed by atoms with van der Waals surface area (Å²) < 4.78 is 15.7. The van der Waals surface area contributed by atoms with Crippen molar-refractivity contribution in [3.05, 3.63) is 72.2 Å². The van der Waals surface area contributed by atoms with Gasteiger partial charge < -0.3 is 14.9 Å². The van der Waals surface area contributed by atoms with Crippen molar-refractivity contribution in [2.75, 3.05) is 29.4 Å². The summed E-state index contributed by atoms with van der Waals surface area (Å²) >= 11 is 0. The van der Waals surface area contributed by atoms with E-state index in [4.69, 9.17) is 10.1 Å². The number of fused-ring (bicyclic) bond motifs is 1. The first kappa shape index (κ1) is 21.0. The number of hydrogen-bond acceptors (Lipinski definition) is 6. The van der Waals surface area contributed by atoms with E-state index in [-0.39, 0.29) is 18.0 Å². The highest BCUT2D eigenvalue weighted by Gasteiger charge is 2.28. The molecule has 0 bridgehead atoms. The van der Waals surface area contributed by atoms with Gasteiger partial charge in [-0.2, -0.15) is 0 Å². The lowest BCUT2D eigenvalue weighted by Crippen LogP contribution is -2.36. The van der Waals surface area contributed by atoms with Gasteiger partial charge in [-0.1, -0.05) is 18.2 Å². The van der Waals surface area contributed by atoms with Crippen molar-refractivity contribution in [2.24, 2.45) is 0 Å². The summed E-state index contributed by atoms with van der Waals surface area (Å²) in [6.45, 7) is 2.46. The van der Waals surface area contributed by atoms with Crippen molar-refractivity contribution in [2.45, 2.75) is 37.8 Å². The zero-order valence-corrected chi connectivity index (χ0v) is 18.9. The Bertz CT molecular complexity index is 1320. The lowest BCUT2D eigenvalue weighted by Gasteiger charge is -2.30. The van der Waals surface area contributed by atoms with Gasteiger partial charge in [0.2, 0.25) is 0 Å². The van der Waals surface area contributed by atoms with Crippen LogP contribution in [0.4, 0.5) is 16.0 Å². The van der Waals surface area contributed by atoms with Crippen molar-refractivity contribution in [1.82, 2.24) is 19.6 Å². The number of piperidine rings is 1. The number of rotatable bonds is 4. The Hall–Kier alpha value is -3.52. The first-order valence-electron chi connectivity index (χ1n) is 11.9. The fraction of sp³-hybridized carbons (Fsp3) is 0.346. The number of hydrogen-bond donors (Lipinski definition) is 1. The number of nitrogens with zero attached hydrogens (tertiary/aromatic N) is 6. The molecule has 0 aliphatic carbocycles. The van der Waals surface area contributed by atoms with Crippen molar-refractivity contribution in [3.63, 3.8) is 0 Å². The van der Waals surface area contributed by atoms with Crippen molar-refractivity contribution in [3.8, 4) is 11.4 Å². The Labute approximate surface area is 197 Å². The molecule has 4 aromatic rings. The van der Waals surface area contributed by atoms with E-state index in [0.717, 1.165) is 79.6 Å². The average molecular weight is 459 g/mol. The molecule has 2 saturated heterocycles. The quantitative estimate of drug-likeness (QED) is 0.494. The van der Waals surface area contributed by atoms with Crippen LogP contribution in [0.3, 0.4) is 0 Å². The lowest BCUT2D eigenvalue weighted by molar-refractivity contribution is 0.145. The van der Waals surface area contributed by atoms with E-state index in [1.807, 2.05) is 47.1 Å². The smallest absolute Gasteiger partial charge is 0.154 e. The van der Waals surface area contributed by atoms with Crippen molar-refractivity contribution < 1.29 is 9.50 Å². The maximum Gasteiger partial charge on any atom is 0.154 e. The summed E-state index contributed by atoms with van der Waals surface area (Å²) in [7, 11) is 0. The van der Waals surface area contributed by atoms with E-state index in [1.54, 1.807) is 12.1 Å². The highest BCUT2D eigenvalue weighted by molar-refractivity contribution is 5.62. The summed E-state index contributed by atoms with van der Waals surface area (Å²) in [6.07, 6.45) is 5.11. The zero-order chi connectivity index (χ0) is 23.1. The van der Waals surface area contributed by atoms with Crippen LogP contribution in [0.15, 0.2) is 60.8 Å². The van der Waals surface area contributed by atoms with E-state index in [2.05, 4.69) is 14.8 Å². The van der Waals surface area contributed by atoms with Crippen LogP contribution in [-0.4, -0.2) is 50.4 Å². The van der Waals surface area contributed by atoms with Crippen LogP contribution >= 0.6 is 0 Å². The molecule has 2 fully saturated rings. The van der Waals surface area contributed by atoms with E-state index >= 15 is 0 Å². The Morgan fingerprint density at radius 3 is 2.62 bits per heavy atom. The molecule has 8 heteroatoms. The maximum atomic E-state index is 13.9. The molecule has 0 amide bonds. The van der Waals surface area contributed by atoms with Gasteiger partial charge in [0.15, 0.2) is 5.65 Å². The van der Waals surface area contributed by atoms with E-state index < -0.39 is 0 Å². The van der Waals surface area contributed by atoms with Gasteiger partial charge in [0.25, 0.3) is 0 Å². The summed E-state index contributed by atoms with van der Waals surface area (Å²) in [4.78, 5) is 13.9. The van der Waals surface area contributed by atoms with Gasteiger partial charge in [0, 0.05) is 19.6 Å². The third-order valence-electron chi connectivity index (χ3n) is 6.91. The molecule has 0 unspecified atom stereocenters. The molecule has 0 spiro atoms. The SMILES string of the molecule is OC1CCN(c2cccc(-c3cnc4ccc(N5CCC[C@@H]5c5cccc(F)c5)nn34)n2)CC1. The van der Waals surface area contributed by atoms with Gasteiger partial charge in [-0.05, 0) is 67.6 Å². The van der Waals surface area contributed by atoms with Crippen LogP contribution in [0.25, 0.3) is 17.0 Å². The number of halogens is 1. The second-order valence-corrected chi connectivity index (χ2v) is 9.11. The topological polar surface area (TPSA) is 69.8 Å². The Kier molecular flexibility index (Phi) is 5.37. The van der Waals surface area contributed by atoms with Crippen molar-refractivity contribution in [1.29, 1.82) is 0 Å². The second-order valence-electron chi connectivity index (χ2n) is 9.11. The highest BCUT2D eigenvalue weighted by Crippen LogP contribution is 2.35. The Balaban J connectivity index is 1.34. The number of benzene rings is 1. The lowest BCUT2D eigenvalue weighted by atomic mass is 10.0. The number of imidazole rings is 1. The maximum absolute atomic E-state index is 13.9. The molecule has 34 heavy (non-hydrogen) atoms. The summed E-state index contributed by atoms with van der Waals surface area (Å²) in [6, 6.07) is 16.9. The minimum absolute atomic E-state index is 0.100. The predicted molar refractivity (Wildman–Crippen MR) is 129 cm³/mol. The fourth-order valence-corrected chi connectivity index (χ4v) is 5.13. The number of aromatic nitrogens is 4. The number of anilines is 2. The molecule has 6 rings (SSSR count). The summed E-state index contributed by atoms with van der Waals surface area (Å²) in [5, 5.41) is 14.8. The molecular weight excluding hydrogens is 431 g/mol. The summed E-state index contributed by atoms with van der Waals surface area (Å²) in [5.41, 5.74) is 3.38. The average Bonchev–Trinajstić information content (AvgIpc) is 3.52. The third-order valence-corrected chi connectivity index (χ3v) is 6.91. The minimum Gasteiger partial charge on any atom is -0.393 e. The predicted octanol–water partition coefficient (Wildman–Crippen LogP) is 4.23. The molecular formula is C26H27FN6O. The van der Waals surface area contributed by atoms with Crippen molar-refractivity contribution >= 4 is 17.3 Å². The van der Waals surface area contributed by atoms with Gasteiger partial charge in [-0.3, -0.25) is 0 Å². The van der Waals surface area contributed by atoms with Gasteiger partial charge in [-0.15, -0.1) is 5.10 Å². The number of aliphatic hydroxyl groups excluding tert-OH is 1. The van der Waals surface area contributed by atoms with Crippen LogP contribution in [0.5, 0.6) is 0 Å². The normalized spacial score (nSPS) is 19.3. The highest BCUT2D eigenvalue weighted by atomic mass is 19.1. The minimum atomic E-state index is -0.220. The Morgan fingerprint density at radius 2 is 1.76 bits per heavy atom. The van der Waals surface area contributed by atoms with Crippen LogP contribution in [0, 0.1) is 5.82 Å². The molecule has 5 heterocycles. The first-order chi connectivity index (χ1) is 16.7. The van der Waals surface area contributed by atoms with E-state index in [1.165, 1.54) is 6.07 Å². The largest absolute Gasteiger partial charge is 0.393 e. The molecule has 2 aliphatic heterocycles. The van der Waals surface area contributed by atoms with Crippen LogP contribution in [0.2, 0.25) is 0 Å². The first-order valence-corrected chi connectivity index (χ1v) is 11.9. The van der Waals surface area contributed by atoms with Gasteiger partial charge >= 0.3 is 0 Å². The monoisotopic (exact) mass is 458 g/mol. The molecule has 0 radical (unpaired) electrons. The fourth-order valence-electron chi connectivity index (χ4n) is 5.13. The van der Waals surface area contributed by atoms with Crippen LogP contribution in [-0.2, 0) is 0 Å². The second kappa shape index (κ2) is 8.68. The summed E-state index contributed by atoms with van der Waals surface area (Å²) in [5.74, 6) is 1.54. The molecule has 2 aliphatic rings. The molecule has 1 atom stereocenters. The standard InChI is InChI=1S/C26H27FN6O/c27-19-5-1-4-18(16-19)22-7-3-13-32(22)26-10-9-24-28-17-23(33(24)30-26)21-6-2-8-25(29-21)31-14-11-20(34)12-15-31/h1-2,4-6,8-10,16-17,20,22,34H,3,7,11-15H2/t22-/m1/s1. The molecule has 3 aromatic heterocycles. The molecule has 1 aromatic carbocycles. The molecule has 1 N–H and O–H groups in total.